The van der Waals surface area contributed by atoms with Crippen LogP contribution in [0.2, 0.25) is 0 Å². The number of ether oxygens (including phenoxy) is 1. The van der Waals surface area contributed by atoms with Gasteiger partial charge in [0.05, 0.1) is 19.3 Å². The Morgan fingerprint density at radius 2 is 2.50 bits per heavy atom. The molecule has 0 aromatic rings. The quantitative estimate of drug-likeness (QED) is 0.578. The standard InChI is InChI=1S/C7H15NO2/c1-3-7(2)8-6(4-9)5-10-7/h6,8-9H,3-5H2,1-2H3. The first-order valence-corrected chi connectivity index (χ1v) is 3.72. The zero-order valence-corrected chi connectivity index (χ0v) is 6.55. The second kappa shape index (κ2) is 2.86. The van der Waals surface area contributed by atoms with Crippen LogP contribution in [0.15, 0.2) is 0 Å². The Balaban J connectivity index is 2.41. The van der Waals surface area contributed by atoms with E-state index in [0.29, 0.717) is 6.61 Å². The fourth-order valence-corrected chi connectivity index (χ4v) is 1.10. The summed E-state index contributed by atoms with van der Waals surface area (Å²) >= 11 is 0. The fourth-order valence-electron chi connectivity index (χ4n) is 1.10. The van der Waals surface area contributed by atoms with Crippen LogP contribution < -0.4 is 5.32 Å². The predicted octanol–water partition coefficient (Wildman–Crippen LogP) is 0.0933. The Kier molecular flexibility index (Phi) is 2.28. The van der Waals surface area contributed by atoms with E-state index in [9.17, 15) is 0 Å². The summed E-state index contributed by atoms with van der Waals surface area (Å²) in [7, 11) is 0. The molecule has 60 valence electrons. The molecule has 1 saturated heterocycles. The number of hydrogen-bond acceptors (Lipinski definition) is 3. The summed E-state index contributed by atoms with van der Waals surface area (Å²) in [6, 6.07) is 0.130. The van der Waals surface area contributed by atoms with E-state index in [1.807, 2.05) is 6.92 Å². The molecule has 2 N–H and O–H groups in total. The summed E-state index contributed by atoms with van der Waals surface area (Å²) in [6.07, 6.45) is 0.934. The lowest BCUT2D eigenvalue weighted by atomic mass is 10.2. The number of hydrogen-bond donors (Lipinski definition) is 2. The minimum atomic E-state index is -0.201. The largest absolute Gasteiger partial charge is 0.395 e. The lowest BCUT2D eigenvalue weighted by Gasteiger charge is -2.21. The highest BCUT2D eigenvalue weighted by Gasteiger charge is 2.32. The molecule has 0 aliphatic carbocycles. The van der Waals surface area contributed by atoms with Gasteiger partial charge in [-0.15, -0.1) is 0 Å². The van der Waals surface area contributed by atoms with Crippen LogP contribution in [0.25, 0.3) is 0 Å². The first-order valence-electron chi connectivity index (χ1n) is 3.72. The van der Waals surface area contributed by atoms with Gasteiger partial charge in [0.25, 0.3) is 0 Å². The van der Waals surface area contributed by atoms with Crippen molar-refractivity contribution >= 4 is 0 Å². The van der Waals surface area contributed by atoms with Gasteiger partial charge in [0.15, 0.2) is 0 Å². The molecule has 0 aromatic carbocycles. The average Bonchev–Trinajstić information content (AvgIpc) is 2.33. The molecule has 1 aliphatic rings. The maximum atomic E-state index is 8.75. The molecule has 2 atom stereocenters. The Hall–Kier alpha value is -0.120. The summed E-state index contributed by atoms with van der Waals surface area (Å²) in [6.45, 7) is 4.85. The number of nitrogens with one attached hydrogen (secondary N) is 1. The predicted molar refractivity (Wildman–Crippen MR) is 38.7 cm³/mol. The molecule has 3 nitrogen and oxygen atoms in total. The van der Waals surface area contributed by atoms with Crippen molar-refractivity contribution in [2.45, 2.75) is 32.0 Å². The zero-order chi connectivity index (χ0) is 7.61. The van der Waals surface area contributed by atoms with Crippen LogP contribution in [0.1, 0.15) is 20.3 Å². The molecule has 3 heteroatoms. The molecule has 1 heterocycles. The van der Waals surface area contributed by atoms with Gasteiger partial charge in [-0.1, -0.05) is 6.92 Å². The summed E-state index contributed by atoms with van der Waals surface area (Å²) < 4.78 is 5.42. The topological polar surface area (TPSA) is 41.5 Å². The van der Waals surface area contributed by atoms with Crippen molar-refractivity contribution in [1.82, 2.24) is 5.32 Å². The highest BCUT2D eigenvalue weighted by molar-refractivity contribution is 4.83. The van der Waals surface area contributed by atoms with Gasteiger partial charge in [-0.2, -0.15) is 0 Å². The van der Waals surface area contributed by atoms with Crippen molar-refractivity contribution in [3.8, 4) is 0 Å². The number of aliphatic hydroxyl groups excluding tert-OH is 1. The van der Waals surface area contributed by atoms with E-state index in [2.05, 4.69) is 12.2 Å². The maximum Gasteiger partial charge on any atom is 0.116 e. The highest BCUT2D eigenvalue weighted by atomic mass is 16.5. The Morgan fingerprint density at radius 3 is 2.80 bits per heavy atom. The van der Waals surface area contributed by atoms with Gasteiger partial charge in [0.2, 0.25) is 0 Å². The smallest absolute Gasteiger partial charge is 0.116 e. The monoisotopic (exact) mass is 145 g/mol. The third kappa shape index (κ3) is 1.48. The van der Waals surface area contributed by atoms with Gasteiger partial charge >= 0.3 is 0 Å². The summed E-state index contributed by atoms with van der Waals surface area (Å²) in [5.41, 5.74) is -0.201. The van der Waals surface area contributed by atoms with Crippen molar-refractivity contribution in [2.24, 2.45) is 0 Å². The van der Waals surface area contributed by atoms with Crippen LogP contribution >= 0.6 is 0 Å². The van der Waals surface area contributed by atoms with Gasteiger partial charge in [0.1, 0.15) is 5.72 Å². The van der Waals surface area contributed by atoms with E-state index >= 15 is 0 Å². The number of aliphatic hydroxyl groups is 1. The molecule has 1 fully saturated rings. The van der Waals surface area contributed by atoms with Crippen LogP contribution in [0.3, 0.4) is 0 Å². The second-order valence-corrected chi connectivity index (χ2v) is 2.92. The minimum absolute atomic E-state index is 0.130. The van der Waals surface area contributed by atoms with E-state index < -0.39 is 0 Å². The third-order valence-electron chi connectivity index (χ3n) is 2.01. The van der Waals surface area contributed by atoms with Gasteiger partial charge in [-0.3, -0.25) is 5.32 Å². The van der Waals surface area contributed by atoms with Crippen molar-refractivity contribution in [3.63, 3.8) is 0 Å². The lowest BCUT2D eigenvalue weighted by molar-refractivity contribution is 0.00335. The van der Waals surface area contributed by atoms with Gasteiger partial charge in [-0.05, 0) is 13.3 Å². The van der Waals surface area contributed by atoms with Crippen LogP contribution in [0.5, 0.6) is 0 Å². The SMILES string of the molecule is CCC1(C)NC(CO)CO1. The zero-order valence-electron chi connectivity index (χ0n) is 6.55. The van der Waals surface area contributed by atoms with E-state index in [1.165, 1.54) is 0 Å². The van der Waals surface area contributed by atoms with Crippen LogP contribution in [0.4, 0.5) is 0 Å². The molecule has 10 heavy (non-hydrogen) atoms. The molecular weight excluding hydrogens is 130 g/mol. The molecule has 2 unspecified atom stereocenters. The number of rotatable bonds is 2. The van der Waals surface area contributed by atoms with Gasteiger partial charge in [-0.25, -0.2) is 0 Å². The summed E-state index contributed by atoms with van der Waals surface area (Å²) in [5, 5.41) is 11.9. The van der Waals surface area contributed by atoms with Crippen LogP contribution in [-0.4, -0.2) is 30.1 Å². The van der Waals surface area contributed by atoms with E-state index in [0.717, 1.165) is 6.42 Å². The van der Waals surface area contributed by atoms with Gasteiger partial charge < -0.3 is 9.84 Å². The average molecular weight is 145 g/mol. The Labute approximate surface area is 61.4 Å². The molecule has 0 saturated carbocycles. The van der Waals surface area contributed by atoms with Crippen molar-refractivity contribution in [3.05, 3.63) is 0 Å². The maximum absolute atomic E-state index is 8.75. The summed E-state index contributed by atoms with van der Waals surface area (Å²) in [4.78, 5) is 0. The van der Waals surface area contributed by atoms with Crippen LogP contribution in [0, 0.1) is 0 Å². The summed E-state index contributed by atoms with van der Waals surface area (Å²) in [5.74, 6) is 0. The lowest BCUT2D eigenvalue weighted by Crippen LogP contribution is -2.41. The fraction of sp³-hybridized carbons (Fsp3) is 1.00. The normalized spacial score (nSPS) is 40.5. The minimum Gasteiger partial charge on any atom is -0.395 e. The molecule has 1 aliphatic heterocycles. The van der Waals surface area contributed by atoms with Crippen molar-refractivity contribution in [1.29, 1.82) is 0 Å². The van der Waals surface area contributed by atoms with E-state index in [4.69, 9.17) is 9.84 Å². The highest BCUT2D eigenvalue weighted by Crippen LogP contribution is 2.18. The third-order valence-corrected chi connectivity index (χ3v) is 2.01. The van der Waals surface area contributed by atoms with Crippen molar-refractivity contribution < 1.29 is 9.84 Å². The van der Waals surface area contributed by atoms with Crippen LogP contribution in [-0.2, 0) is 4.74 Å². The molecule has 0 amide bonds. The Bertz CT molecular complexity index is 118. The molecule has 0 radical (unpaired) electrons. The molecule has 0 aromatic heterocycles. The molecular formula is C7H15NO2. The molecule has 1 rings (SSSR count). The molecule has 0 spiro atoms. The van der Waals surface area contributed by atoms with Gasteiger partial charge in [0, 0.05) is 0 Å². The van der Waals surface area contributed by atoms with E-state index in [1.54, 1.807) is 0 Å². The molecule has 0 bridgehead atoms. The second-order valence-electron chi connectivity index (χ2n) is 2.92. The van der Waals surface area contributed by atoms with Crippen molar-refractivity contribution in [2.75, 3.05) is 13.2 Å². The first-order chi connectivity index (χ1) is 4.70. The first kappa shape index (κ1) is 7.98. The van der Waals surface area contributed by atoms with E-state index in [-0.39, 0.29) is 18.4 Å². The Morgan fingerprint density at radius 1 is 1.80 bits per heavy atom.